The van der Waals surface area contributed by atoms with Gasteiger partial charge in [-0.25, -0.2) is 9.97 Å². The van der Waals surface area contributed by atoms with Crippen molar-refractivity contribution < 1.29 is 4.74 Å². The molecule has 0 aliphatic rings. The van der Waals surface area contributed by atoms with E-state index in [9.17, 15) is 4.79 Å². The van der Waals surface area contributed by atoms with Gasteiger partial charge in [-0.05, 0) is 44.2 Å². The Bertz CT molecular complexity index is 1370. The Kier molecular flexibility index (Phi) is 6.51. The summed E-state index contributed by atoms with van der Waals surface area (Å²) in [6, 6.07) is 15.0. The molecule has 0 saturated heterocycles. The Morgan fingerprint density at radius 2 is 1.82 bits per heavy atom. The lowest BCUT2D eigenvalue weighted by molar-refractivity contribution is 0.287. The van der Waals surface area contributed by atoms with E-state index in [0.717, 1.165) is 28.5 Å². The molecule has 0 unspecified atom stereocenters. The molecule has 0 aliphatic heterocycles. The van der Waals surface area contributed by atoms with E-state index in [4.69, 9.17) is 16.3 Å². The number of aromatic nitrogens is 5. The monoisotopic (exact) mass is 461 g/mol. The maximum absolute atomic E-state index is 13.1. The zero-order valence-electron chi connectivity index (χ0n) is 18.9. The fraction of sp³-hybridized carbons (Fsp3) is 0.240. The number of aryl methyl sites for hydroxylation is 2. The van der Waals surface area contributed by atoms with Crippen molar-refractivity contribution in [1.29, 1.82) is 0 Å². The molecule has 0 spiro atoms. The van der Waals surface area contributed by atoms with Crippen LogP contribution in [0.25, 0.3) is 16.9 Å². The zero-order chi connectivity index (χ0) is 23.5. The van der Waals surface area contributed by atoms with Crippen molar-refractivity contribution in [3.8, 4) is 22.8 Å². The molecule has 3 aromatic heterocycles. The quantitative estimate of drug-likeness (QED) is 0.399. The van der Waals surface area contributed by atoms with Gasteiger partial charge in [0, 0.05) is 23.4 Å². The molecule has 0 radical (unpaired) electrons. The van der Waals surface area contributed by atoms with Crippen LogP contribution in [0.3, 0.4) is 0 Å². The Morgan fingerprint density at radius 3 is 2.58 bits per heavy atom. The second-order valence-electron chi connectivity index (χ2n) is 7.98. The maximum Gasteiger partial charge on any atom is 0.280 e. The number of benzene rings is 1. The van der Waals surface area contributed by atoms with Crippen LogP contribution in [0.4, 0.5) is 0 Å². The summed E-state index contributed by atoms with van der Waals surface area (Å²) in [5.41, 5.74) is 3.50. The van der Waals surface area contributed by atoms with Gasteiger partial charge >= 0.3 is 0 Å². The van der Waals surface area contributed by atoms with Crippen molar-refractivity contribution in [2.45, 2.75) is 40.2 Å². The minimum atomic E-state index is -0.404. The number of pyridine rings is 1. The highest BCUT2D eigenvalue weighted by Crippen LogP contribution is 2.24. The van der Waals surface area contributed by atoms with Crippen molar-refractivity contribution in [2.75, 3.05) is 0 Å². The summed E-state index contributed by atoms with van der Waals surface area (Å²) in [5.74, 6) is 1.52. The molecule has 0 atom stereocenters. The average Bonchev–Trinajstić information content (AvgIpc) is 2.81. The molecule has 1 aromatic carbocycles. The van der Waals surface area contributed by atoms with Crippen molar-refractivity contribution in [2.24, 2.45) is 0 Å². The third-order valence-electron chi connectivity index (χ3n) is 5.06. The standard InChI is InChI=1S/C25H24ClN5O2/c1-15(2)23-27-12-11-21(30-23)18-8-6-10-20(13-18)31-17(4)29-24(22(26)25(31)32)33-14-19-9-5-7-16(3)28-19/h5-13,15H,14H2,1-4H3. The van der Waals surface area contributed by atoms with Crippen LogP contribution in [0.2, 0.25) is 5.02 Å². The number of hydrogen-bond donors (Lipinski definition) is 0. The van der Waals surface area contributed by atoms with E-state index in [1.54, 1.807) is 13.1 Å². The number of ether oxygens (including phenoxy) is 1. The largest absolute Gasteiger partial charge is 0.470 e. The van der Waals surface area contributed by atoms with Gasteiger partial charge in [0.05, 0.1) is 17.1 Å². The summed E-state index contributed by atoms with van der Waals surface area (Å²) in [5, 5.41) is -0.0808. The molecule has 0 saturated carbocycles. The first-order chi connectivity index (χ1) is 15.8. The average molecular weight is 462 g/mol. The molecule has 168 valence electrons. The van der Waals surface area contributed by atoms with Gasteiger partial charge in [-0.3, -0.25) is 14.3 Å². The van der Waals surface area contributed by atoms with Crippen LogP contribution in [0.5, 0.6) is 5.88 Å². The molecule has 33 heavy (non-hydrogen) atoms. The molecule has 4 rings (SSSR count). The first-order valence-electron chi connectivity index (χ1n) is 10.6. The van der Waals surface area contributed by atoms with E-state index in [2.05, 4.69) is 19.9 Å². The summed E-state index contributed by atoms with van der Waals surface area (Å²) in [6.45, 7) is 7.90. The lowest BCUT2D eigenvalue weighted by Gasteiger charge is -2.14. The van der Waals surface area contributed by atoms with Crippen LogP contribution in [-0.4, -0.2) is 24.5 Å². The molecule has 7 nitrogen and oxygen atoms in total. The van der Waals surface area contributed by atoms with Gasteiger partial charge in [0.2, 0.25) is 5.88 Å². The predicted molar refractivity (Wildman–Crippen MR) is 128 cm³/mol. The van der Waals surface area contributed by atoms with Crippen LogP contribution in [-0.2, 0) is 6.61 Å². The van der Waals surface area contributed by atoms with Crippen molar-refractivity contribution in [3.05, 3.63) is 93.1 Å². The van der Waals surface area contributed by atoms with Crippen LogP contribution < -0.4 is 10.3 Å². The molecule has 0 amide bonds. The predicted octanol–water partition coefficient (Wildman–Crippen LogP) is 5.06. The first-order valence-corrected chi connectivity index (χ1v) is 11.0. The van der Waals surface area contributed by atoms with E-state index in [-0.39, 0.29) is 23.4 Å². The van der Waals surface area contributed by atoms with Gasteiger partial charge in [-0.1, -0.05) is 43.6 Å². The molecule has 0 fully saturated rings. The lowest BCUT2D eigenvalue weighted by Crippen LogP contribution is -2.23. The van der Waals surface area contributed by atoms with Crippen LogP contribution >= 0.6 is 11.6 Å². The smallest absolute Gasteiger partial charge is 0.280 e. The van der Waals surface area contributed by atoms with Gasteiger partial charge in [-0.15, -0.1) is 0 Å². The van der Waals surface area contributed by atoms with Gasteiger partial charge in [-0.2, -0.15) is 4.98 Å². The van der Waals surface area contributed by atoms with Crippen LogP contribution in [0.15, 0.2) is 59.5 Å². The fourth-order valence-corrected chi connectivity index (χ4v) is 3.60. The number of halogens is 1. The summed E-state index contributed by atoms with van der Waals surface area (Å²) in [4.78, 5) is 30.9. The van der Waals surface area contributed by atoms with Gasteiger partial charge in [0.25, 0.3) is 5.56 Å². The molecule has 4 aromatic rings. The van der Waals surface area contributed by atoms with Gasteiger partial charge in [0.1, 0.15) is 18.3 Å². The molecule has 0 N–H and O–H groups in total. The van der Waals surface area contributed by atoms with Crippen LogP contribution in [0, 0.1) is 13.8 Å². The van der Waals surface area contributed by atoms with E-state index in [1.165, 1.54) is 4.57 Å². The number of nitrogens with zero attached hydrogens (tertiary/aromatic N) is 5. The molecule has 3 heterocycles. The Hall–Kier alpha value is -3.58. The third-order valence-corrected chi connectivity index (χ3v) is 5.38. The summed E-state index contributed by atoms with van der Waals surface area (Å²) in [7, 11) is 0. The summed E-state index contributed by atoms with van der Waals surface area (Å²) < 4.78 is 7.19. The fourth-order valence-electron chi connectivity index (χ4n) is 3.42. The second kappa shape index (κ2) is 9.50. The third kappa shape index (κ3) is 4.93. The normalized spacial score (nSPS) is 11.1. The minimum Gasteiger partial charge on any atom is -0.470 e. The summed E-state index contributed by atoms with van der Waals surface area (Å²) in [6.07, 6.45) is 1.75. The first kappa shape index (κ1) is 22.6. The van der Waals surface area contributed by atoms with Gasteiger partial charge < -0.3 is 4.74 Å². The lowest BCUT2D eigenvalue weighted by atomic mass is 10.1. The second-order valence-corrected chi connectivity index (χ2v) is 8.36. The maximum atomic E-state index is 13.1. The highest BCUT2D eigenvalue weighted by Gasteiger charge is 2.16. The molecular formula is C25H24ClN5O2. The highest BCUT2D eigenvalue weighted by atomic mass is 35.5. The van der Waals surface area contributed by atoms with Crippen molar-refractivity contribution in [1.82, 2.24) is 24.5 Å². The number of rotatable bonds is 6. The topological polar surface area (TPSA) is 82.8 Å². The SMILES string of the molecule is Cc1cccc(COc2nc(C)n(-c3cccc(-c4ccnc(C(C)C)n4)c3)c(=O)c2Cl)n1. The van der Waals surface area contributed by atoms with Crippen molar-refractivity contribution in [3.63, 3.8) is 0 Å². The van der Waals surface area contributed by atoms with E-state index >= 15 is 0 Å². The molecule has 0 aliphatic carbocycles. The number of hydrogen-bond acceptors (Lipinski definition) is 6. The Labute approximate surface area is 197 Å². The molecular weight excluding hydrogens is 438 g/mol. The highest BCUT2D eigenvalue weighted by molar-refractivity contribution is 6.31. The Balaban J connectivity index is 1.67. The van der Waals surface area contributed by atoms with E-state index < -0.39 is 5.56 Å². The van der Waals surface area contributed by atoms with Crippen molar-refractivity contribution >= 4 is 11.6 Å². The zero-order valence-corrected chi connectivity index (χ0v) is 19.7. The van der Waals surface area contributed by atoms with E-state index in [0.29, 0.717) is 11.5 Å². The molecule has 8 heteroatoms. The minimum absolute atomic E-state index is 0.0808. The summed E-state index contributed by atoms with van der Waals surface area (Å²) >= 11 is 6.37. The molecule has 0 bridgehead atoms. The Morgan fingerprint density at radius 1 is 1.03 bits per heavy atom. The van der Waals surface area contributed by atoms with Gasteiger partial charge in [0.15, 0.2) is 5.02 Å². The van der Waals surface area contributed by atoms with Crippen LogP contribution in [0.1, 0.15) is 42.8 Å². The van der Waals surface area contributed by atoms with E-state index in [1.807, 2.05) is 69.3 Å².